The molecule has 3 rings (SSSR count). The fourth-order valence-corrected chi connectivity index (χ4v) is 4.47. The quantitative estimate of drug-likeness (QED) is 0.698. The Morgan fingerprint density at radius 3 is 2.65 bits per heavy atom. The third-order valence-corrected chi connectivity index (χ3v) is 5.53. The lowest BCUT2D eigenvalue weighted by Crippen LogP contribution is -2.40. The van der Waals surface area contributed by atoms with E-state index in [9.17, 15) is 4.79 Å². The van der Waals surface area contributed by atoms with Gasteiger partial charge in [-0.1, -0.05) is 19.8 Å². The largest absolute Gasteiger partial charge is 0.375 e. The number of carbonyl (C=O) groups is 1. The number of rotatable bonds is 1. The van der Waals surface area contributed by atoms with E-state index in [0.29, 0.717) is 17.6 Å². The molecule has 0 bridgehead atoms. The lowest BCUT2D eigenvalue weighted by Gasteiger charge is -2.41. The van der Waals surface area contributed by atoms with Crippen molar-refractivity contribution in [3.05, 3.63) is 0 Å². The second-order valence-electron chi connectivity index (χ2n) is 6.45. The van der Waals surface area contributed by atoms with Crippen molar-refractivity contribution in [1.82, 2.24) is 0 Å². The van der Waals surface area contributed by atoms with Gasteiger partial charge in [0, 0.05) is 18.9 Å². The van der Waals surface area contributed by atoms with Gasteiger partial charge in [-0.25, -0.2) is 0 Å². The van der Waals surface area contributed by atoms with Crippen molar-refractivity contribution in [3.8, 4) is 0 Å². The fourth-order valence-electron chi connectivity index (χ4n) is 4.47. The van der Waals surface area contributed by atoms with Crippen LogP contribution >= 0.6 is 0 Å². The first-order valence-corrected chi connectivity index (χ1v) is 7.37. The standard InChI is InChI=1S/C15H24O2/c1-11-13(4-5-14(11)16)12-6-9-17-15(10-12)7-2-3-8-15/h11-13H,2-10H2,1H3. The topological polar surface area (TPSA) is 26.3 Å². The predicted octanol–water partition coefficient (Wildman–Crippen LogP) is 3.34. The van der Waals surface area contributed by atoms with Crippen LogP contribution in [-0.2, 0) is 9.53 Å². The Morgan fingerprint density at radius 2 is 2.00 bits per heavy atom. The highest BCUT2D eigenvalue weighted by atomic mass is 16.5. The van der Waals surface area contributed by atoms with Crippen molar-refractivity contribution >= 4 is 5.78 Å². The molecule has 2 aliphatic carbocycles. The Kier molecular flexibility index (Phi) is 3.02. The van der Waals surface area contributed by atoms with Crippen molar-refractivity contribution in [2.45, 2.75) is 63.9 Å². The highest BCUT2D eigenvalue weighted by molar-refractivity contribution is 5.83. The molecule has 2 nitrogen and oxygen atoms in total. The van der Waals surface area contributed by atoms with Gasteiger partial charge in [0.05, 0.1) is 5.60 Å². The van der Waals surface area contributed by atoms with Crippen molar-refractivity contribution in [3.63, 3.8) is 0 Å². The van der Waals surface area contributed by atoms with E-state index >= 15 is 0 Å². The SMILES string of the molecule is CC1C(=O)CCC1C1CCOC2(CCCC2)C1. The van der Waals surface area contributed by atoms with E-state index in [-0.39, 0.29) is 5.60 Å². The normalized spacial score (nSPS) is 41.2. The molecule has 2 heteroatoms. The highest BCUT2D eigenvalue weighted by Crippen LogP contribution is 2.47. The van der Waals surface area contributed by atoms with Crippen molar-refractivity contribution in [2.24, 2.45) is 17.8 Å². The molecule has 1 aliphatic heterocycles. The van der Waals surface area contributed by atoms with Crippen LogP contribution in [0, 0.1) is 17.8 Å². The van der Waals surface area contributed by atoms with E-state index in [0.717, 1.165) is 25.4 Å². The van der Waals surface area contributed by atoms with Crippen LogP contribution < -0.4 is 0 Å². The number of ether oxygens (including phenoxy) is 1. The Bertz CT molecular complexity index is 304. The molecule has 17 heavy (non-hydrogen) atoms. The molecular weight excluding hydrogens is 212 g/mol. The minimum Gasteiger partial charge on any atom is -0.375 e. The molecule has 0 amide bonds. The average Bonchev–Trinajstić information content (AvgIpc) is 2.89. The monoisotopic (exact) mass is 236 g/mol. The second-order valence-corrected chi connectivity index (χ2v) is 6.45. The van der Waals surface area contributed by atoms with Crippen molar-refractivity contribution < 1.29 is 9.53 Å². The third-order valence-electron chi connectivity index (χ3n) is 5.53. The molecule has 1 saturated heterocycles. The Balaban J connectivity index is 1.69. The van der Waals surface area contributed by atoms with Gasteiger partial charge in [-0.15, -0.1) is 0 Å². The Morgan fingerprint density at radius 1 is 1.24 bits per heavy atom. The number of hydrogen-bond acceptors (Lipinski definition) is 2. The first kappa shape index (κ1) is 11.7. The molecule has 3 fully saturated rings. The van der Waals surface area contributed by atoms with E-state index in [2.05, 4.69) is 6.92 Å². The van der Waals surface area contributed by atoms with Gasteiger partial charge in [0.2, 0.25) is 0 Å². The molecule has 96 valence electrons. The predicted molar refractivity (Wildman–Crippen MR) is 66.8 cm³/mol. The number of hydrogen-bond donors (Lipinski definition) is 0. The van der Waals surface area contributed by atoms with Gasteiger partial charge >= 0.3 is 0 Å². The van der Waals surface area contributed by atoms with Crippen LogP contribution in [0.15, 0.2) is 0 Å². The molecule has 0 N–H and O–H groups in total. The number of ketones is 1. The molecule has 0 aromatic rings. The van der Waals surface area contributed by atoms with Crippen molar-refractivity contribution in [2.75, 3.05) is 6.61 Å². The van der Waals surface area contributed by atoms with Crippen LogP contribution in [0.5, 0.6) is 0 Å². The van der Waals surface area contributed by atoms with Gasteiger partial charge in [-0.05, 0) is 43.9 Å². The zero-order valence-electron chi connectivity index (χ0n) is 10.9. The van der Waals surface area contributed by atoms with Crippen LogP contribution in [0.25, 0.3) is 0 Å². The maximum atomic E-state index is 11.7. The van der Waals surface area contributed by atoms with Crippen LogP contribution in [-0.4, -0.2) is 18.0 Å². The average molecular weight is 236 g/mol. The van der Waals surface area contributed by atoms with E-state index in [1.165, 1.54) is 38.5 Å². The van der Waals surface area contributed by atoms with E-state index in [4.69, 9.17) is 4.74 Å². The summed E-state index contributed by atoms with van der Waals surface area (Å²) < 4.78 is 6.09. The smallest absolute Gasteiger partial charge is 0.135 e. The van der Waals surface area contributed by atoms with Gasteiger partial charge in [0.25, 0.3) is 0 Å². The van der Waals surface area contributed by atoms with E-state index < -0.39 is 0 Å². The maximum Gasteiger partial charge on any atom is 0.135 e. The molecule has 1 spiro atoms. The molecule has 2 saturated carbocycles. The second kappa shape index (κ2) is 4.38. The minimum absolute atomic E-state index is 0.217. The summed E-state index contributed by atoms with van der Waals surface area (Å²) in [6.07, 6.45) is 9.59. The molecule has 3 aliphatic rings. The summed E-state index contributed by atoms with van der Waals surface area (Å²) in [5, 5.41) is 0. The summed E-state index contributed by atoms with van der Waals surface area (Å²) >= 11 is 0. The summed E-state index contributed by atoms with van der Waals surface area (Å²) in [5.74, 6) is 2.23. The third kappa shape index (κ3) is 2.05. The number of Topliss-reactive ketones (excluding diaryl/α,β-unsaturated/α-hetero) is 1. The summed E-state index contributed by atoms with van der Waals surface area (Å²) in [6.45, 7) is 3.08. The summed E-state index contributed by atoms with van der Waals surface area (Å²) in [7, 11) is 0. The maximum absolute atomic E-state index is 11.7. The van der Waals surface area contributed by atoms with Gasteiger partial charge in [-0.2, -0.15) is 0 Å². The highest BCUT2D eigenvalue weighted by Gasteiger charge is 2.45. The lowest BCUT2D eigenvalue weighted by atomic mass is 9.74. The molecular formula is C15H24O2. The van der Waals surface area contributed by atoms with Gasteiger partial charge in [-0.3, -0.25) is 4.79 Å². The molecule has 3 atom stereocenters. The Hall–Kier alpha value is -0.370. The minimum atomic E-state index is 0.217. The van der Waals surface area contributed by atoms with E-state index in [1.54, 1.807) is 0 Å². The van der Waals surface area contributed by atoms with Crippen LogP contribution in [0.1, 0.15) is 58.3 Å². The summed E-state index contributed by atoms with van der Waals surface area (Å²) in [5.41, 5.74) is 0.217. The van der Waals surface area contributed by atoms with Crippen molar-refractivity contribution in [1.29, 1.82) is 0 Å². The van der Waals surface area contributed by atoms with Gasteiger partial charge < -0.3 is 4.74 Å². The van der Waals surface area contributed by atoms with Gasteiger partial charge in [0.1, 0.15) is 5.78 Å². The summed E-state index contributed by atoms with van der Waals surface area (Å²) in [4.78, 5) is 11.7. The first-order valence-electron chi connectivity index (χ1n) is 7.37. The van der Waals surface area contributed by atoms with Crippen LogP contribution in [0.4, 0.5) is 0 Å². The van der Waals surface area contributed by atoms with Gasteiger partial charge in [0.15, 0.2) is 0 Å². The first-order chi connectivity index (χ1) is 8.20. The zero-order chi connectivity index (χ0) is 11.9. The molecule has 0 radical (unpaired) electrons. The molecule has 1 heterocycles. The van der Waals surface area contributed by atoms with E-state index in [1.807, 2.05) is 0 Å². The summed E-state index contributed by atoms with van der Waals surface area (Å²) in [6, 6.07) is 0. The number of carbonyl (C=O) groups excluding carboxylic acids is 1. The fraction of sp³-hybridized carbons (Fsp3) is 0.933. The zero-order valence-corrected chi connectivity index (χ0v) is 10.9. The molecule has 0 aromatic carbocycles. The van der Waals surface area contributed by atoms with Crippen LogP contribution in [0.2, 0.25) is 0 Å². The van der Waals surface area contributed by atoms with Crippen LogP contribution in [0.3, 0.4) is 0 Å². The molecule has 3 unspecified atom stereocenters. The lowest BCUT2D eigenvalue weighted by molar-refractivity contribution is -0.123. The molecule has 0 aromatic heterocycles. The Labute approximate surface area is 104 Å².